The van der Waals surface area contributed by atoms with Crippen LogP contribution >= 0.6 is 0 Å². The third kappa shape index (κ3) is 3.53. The van der Waals surface area contributed by atoms with E-state index in [2.05, 4.69) is 23.4 Å². The van der Waals surface area contributed by atoms with Gasteiger partial charge in [0.05, 0.1) is 12.1 Å². The average molecular weight is 331 g/mol. The molecule has 1 amide bonds. The van der Waals surface area contributed by atoms with Crippen LogP contribution in [0.3, 0.4) is 0 Å². The van der Waals surface area contributed by atoms with Crippen molar-refractivity contribution >= 4 is 5.91 Å². The second kappa shape index (κ2) is 6.43. The maximum atomic E-state index is 11.9. The SMILES string of the molecule is CN(C)C(=O)c1ccc(Cn2ccnc2[C@@H]2CCOC(C)(C)C2)o1. The van der Waals surface area contributed by atoms with Gasteiger partial charge in [0.1, 0.15) is 11.6 Å². The van der Waals surface area contributed by atoms with Gasteiger partial charge in [0, 0.05) is 39.0 Å². The van der Waals surface area contributed by atoms with E-state index in [1.165, 1.54) is 4.90 Å². The van der Waals surface area contributed by atoms with Gasteiger partial charge in [0.2, 0.25) is 0 Å². The number of nitrogens with zero attached hydrogens (tertiary/aromatic N) is 3. The van der Waals surface area contributed by atoms with Gasteiger partial charge in [-0.05, 0) is 38.8 Å². The fraction of sp³-hybridized carbons (Fsp3) is 0.556. The second-order valence-corrected chi connectivity index (χ2v) is 7.18. The van der Waals surface area contributed by atoms with Crippen molar-refractivity contribution in [2.75, 3.05) is 20.7 Å². The van der Waals surface area contributed by atoms with Crippen LogP contribution in [-0.4, -0.2) is 46.7 Å². The van der Waals surface area contributed by atoms with Gasteiger partial charge in [-0.15, -0.1) is 0 Å². The molecule has 0 aliphatic carbocycles. The van der Waals surface area contributed by atoms with Crippen molar-refractivity contribution in [2.45, 2.75) is 44.8 Å². The van der Waals surface area contributed by atoms with Gasteiger partial charge in [-0.3, -0.25) is 4.79 Å². The Morgan fingerprint density at radius 2 is 2.21 bits per heavy atom. The maximum Gasteiger partial charge on any atom is 0.289 e. The molecule has 24 heavy (non-hydrogen) atoms. The number of imidazole rings is 1. The zero-order valence-electron chi connectivity index (χ0n) is 14.8. The molecular weight excluding hydrogens is 306 g/mol. The number of furan rings is 1. The minimum atomic E-state index is -0.127. The van der Waals surface area contributed by atoms with E-state index in [4.69, 9.17) is 9.15 Å². The molecule has 0 saturated carbocycles. The molecule has 2 aromatic heterocycles. The zero-order chi connectivity index (χ0) is 17.3. The summed E-state index contributed by atoms with van der Waals surface area (Å²) in [6.07, 6.45) is 5.72. The van der Waals surface area contributed by atoms with E-state index < -0.39 is 0 Å². The summed E-state index contributed by atoms with van der Waals surface area (Å²) in [5.74, 6) is 2.43. The molecular formula is C18H25N3O3. The van der Waals surface area contributed by atoms with Crippen LogP contribution in [0.5, 0.6) is 0 Å². The molecule has 1 aliphatic heterocycles. The predicted molar refractivity (Wildman–Crippen MR) is 90.1 cm³/mol. The summed E-state index contributed by atoms with van der Waals surface area (Å²) in [5.41, 5.74) is -0.115. The number of aromatic nitrogens is 2. The fourth-order valence-corrected chi connectivity index (χ4v) is 3.23. The van der Waals surface area contributed by atoms with Crippen LogP contribution in [0.25, 0.3) is 0 Å². The van der Waals surface area contributed by atoms with Gasteiger partial charge in [0.15, 0.2) is 5.76 Å². The van der Waals surface area contributed by atoms with Gasteiger partial charge in [-0.2, -0.15) is 0 Å². The number of carbonyl (C=O) groups excluding carboxylic acids is 1. The highest BCUT2D eigenvalue weighted by atomic mass is 16.5. The summed E-state index contributed by atoms with van der Waals surface area (Å²) in [6.45, 7) is 5.58. The molecule has 1 fully saturated rings. The van der Waals surface area contributed by atoms with Crippen LogP contribution < -0.4 is 0 Å². The molecule has 0 bridgehead atoms. The minimum Gasteiger partial charge on any atom is -0.454 e. The van der Waals surface area contributed by atoms with Crippen molar-refractivity contribution in [2.24, 2.45) is 0 Å². The first-order valence-corrected chi connectivity index (χ1v) is 8.31. The Hall–Kier alpha value is -2.08. The van der Waals surface area contributed by atoms with E-state index in [0.29, 0.717) is 18.2 Å². The van der Waals surface area contributed by atoms with Crippen molar-refractivity contribution in [3.05, 3.63) is 41.9 Å². The van der Waals surface area contributed by atoms with Crippen molar-refractivity contribution in [1.82, 2.24) is 14.5 Å². The third-order valence-electron chi connectivity index (χ3n) is 4.41. The summed E-state index contributed by atoms with van der Waals surface area (Å²) < 4.78 is 13.6. The van der Waals surface area contributed by atoms with Gasteiger partial charge in [-0.1, -0.05) is 0 Å². The molecule has 0 aromatic carbocycles. The van der Waals surface area contributed by atoms with Gasteiger partial charge in [0.25, 0.3) is 5.91 Å². The summed E-state index contributed by atoms with van der Waals surface area (Å²) >= 11 is 0. The first-order chi connectivity index (χ1) is 11.4. The summed E-state index contributed by atoms with van der Waals surface area (Å²) in [5, 5.41) is 0. The Kier molecular flexibility index (Phi) is 4.49. The lowest BCUT2D eigenvalue weighted by Gasteiger charge is -2.35. The smallest absolute Gasteiger partial charge is 0.289 e. The minimum absolute atomic E-state index is 0.115. The van der Waals surface area contributed by atoms with Crippen LogP contribution in [0.4, 0.5) is 0 Å². The van der Waals surface area contributed by atoms with E-state index in [9.17, 15) is 4.79 Å². The zero-order valence-corrected chi connectivity index (χ0v) is 14.8. The summed E-state index contributed by atoms with van der Waals surface area (Å²) in [7, 11) is 3.43. The maximum absolute atomic E-state index is 11.9. The molecule has 3 heterocycles. The van der Waals surface area contributed by atoms with Crippen molar-refractivity contribution in [3.63, 3.8) is 0 Å². The molecule has 3 rings (SSSR count). The Labute approximate surface area is 142 Å². The van der Waals surface area contributed by atoms with E-state index in [-0.39, 0.29) is 11.5 Å². The average Bonchev–Trinajstić information content (AvgIpc) is 3.15. The standard InChI is InChI=1S/C18H25N3O3/c1-18(2)11-13(7-10-23-18)16-19-8-9-21(16)12-14-5-6-15(24-14)17(22)20(3)4/h5-6,8-9,13H,7,10-12H2,1-4H3/t13-/m1/s1. The van der Waals surface area contributed by atoms with Gasteiger partial charge < -0.3 is 18.6 Å². The van der Waals surface area contributed by atoms with Crippen LogP contribution in [0.2, 0.25) is 0 Å². The third-order valence-corrected chi connectivity index (χ3v) is 4.41. The van der Waals surface area contributed by atoms with Crippen LogP contribution in [-0.2, 0) is 11.3 Å². The fourth-order valence-electron chi connectivity index (χ4n) is 3.23. The Bertz CT molecular complexity index is 715. The lowest BCUT2D eigenvalue weighted by molar-refractivity contribution is -0.0606. The van der Waals surface area contributed by atoms with Crippen molar-refractivity contribution in [1.29, 1.82) is 0 Å². The highest BCUT2D eigenvalue weighted by Gasteiger charge is 2.32. The Morgan fingerprint density at radius 1 is 1.42 bits per heavy atom. The number of hydrogen-bond acceptors (Lipinski definition) is 4. The van der Waals surface area contributed by atoms with Gasteiger partial charge in [-0.25, -0.2) is 4.98 Å². The van der Waals surface area contributed by atoms with E-state index in [0.717, 1.165) is 31.0 Å². The number of rotatable bonds is 4. The molecule has 1 aliphatic rings. The normalized spacial score (nSPS) is 20.1. The van der Waals surface area contributed by atoms with E-state index in [1.807, 2.05) is 18.5 Å². The lowest BCUT2D eigenvalue weighted by atomic mass is 9.88. The number of hydrogen-bond donors (Lipinski definition) is 0. The van der Waals surface area contributed by atoms with Gasteiger partial charge >= 0.3 is 0 Å². The Morgan fingerprint density at radius 3 is 2.92 bits per heavy atom. The van der Waals surface area contributed by atoms with Crippen molar-refractivity contribution < 1.29 is 13.9 Å². The highest BCUT2D eigenvalue weighted by Crippen LogP contribution is 2.35. The highest BCUT2D eigenvalue weighted by molar-refractivity contribution is 5.91. The molecule has 0 N–H and O–H groups in total. The number of amides is 1. The topological polar surface area (TPSA) is 60.5 Å². The second-order valence-electron chi connectivity index (χ2n) is 7.18. The number of ether oxygens (including phenoxy) is 1. The van der Waals surface area contributed by atoms with Crippen LogP contribution in [0, 0.1) is 0 Å². The Balaban J connectivity index is 1.75. The number of carbonyl (C=O) groups is 1. The molecule has 1 saturated heterocycles. The molecule has 1 atom stereocenters. The van der Waals surface area contributed by atoms with E-state index in [1.54, 1.807) is 20.2 Å². The molecule has 0 spiro atoms. The lowest BCUT2D eigenvalue weighted by Crippen LogP contribution is -2.34. The molecule has 0 radical (unpaired) electrons. The molecule has 2 aromatic rings. The molecule has 6 heteroatoms. The molecule has 130 valence electrons. The largest absolute Gasteiger partial charge is 0.454 e. The predicted octanol–water partition coefficient (Wildman–Crippen LogP) is 2.90. The quantitative estimate of drug-likeness (QED) is 0.864. The molecule has 0 unspecified atom stereocenters. The first-order valence-electron chi connectivity index (χ1n) is 8.31. The van der Waals surface area contributed by atoms with Crippen molar-refractivity contribution in [3.8, 4) is 0 Å². The first kappa shape index (κ1) is 16.8. The molecule has 6 nitrogen and oxygen atoms in total. The van der Waals surface area contributed by atoms with Crippen LogP contribution in [0.1, 0.15) is 54.7 Å². The van der Waals surface area contributed by atoms with Crippen LogP contribution in [0.15, 0.2) is 28.9 Å². The monoisotopic (exact) mass is 331 g/mol. The summed E-state index contributed by atoms with van der Waals surface area (Å²) in [6, 6.07) is 3.58. The summed E-state index contributed by atoms with van der Waals surface area (Å²) in [4.78, 5) is 18.0. The van der Waals surface area contributed by atoms with E-state index >= 15 is 0 Å².